The molecule has 40 heavy (non-hydrogen) atoms. The first kappa shape index (κ1) is 29.5. The molecule has 26 heteroatoms. The lowest BCUT2D eigenvalue weighted by Crippen LogP contribution is -2.42. The van der Waals surface area contributed by atoms with E-state index >= 15 is 0 Å². The number of hydrogen-bond donors (Lipinski definition) is 0. The van der Waals surface area contributed by atoms with Crippen molar-refractivity contribution in [2.24, 2.45) is 0 Å². The maximum Gasteiger partial charge on any atom is 0.312 e. The third kappa shape index (κ3) is 5.79. The monoisotopic (exact) mass is 572 g/mol. The topological polar surface area (TPSA) is 352 Å². The zero-order valence-corrected chi connectivity index (χ0v) is 18.7. The molecule has 2 aromatic carbocycles. The van der Waals surface area contributed by atoms with Gasteiger partial charge in [0.1, 0.15) is 13.1 Å². The summed E-state index contributed by atoms with van der Waals surface area (Å²) in [6.07, 6.45) is 0. The summed E-state index contributed by atoms with van der Waals surface area (Å²) >= 11 is 0. The SMILES string of the molecule is O=[N+]([O-])c1cc([N+](=O)[O-])c(N(CCN(c2c([N+](=O)[O-])cc([N+](=O)[O-])cc2[N+](=O)[O-])[N+](=O)[O-])[N+](=O)[O-])c([N+](=O)[O-])c1. The predicted molar refractivity (Wildman–Crippen MR) is 121 cm³/mol. The zero-order valence-electron chi connectivity index (χ0n) is 18.7. The van der Waals surface area contributed by atoms with Crippen LogP contribution in [0.2, 0.25) is 0 Å². The Morgan fingerprint density at radius 2 is 0.650 bits per heavy atom. The molecule has 0 saturated carbocycles. The van der Waals surface area contributed by atoms with E-state index in [0.717, 1.165) is 0 Å². The molecule has 0 unspecified atom stereocenters. The molecule has 0 aliphatic rings. The quantitative estimate of drug-likeness (QED) is 0.244. The molecule has 2 aromatic rings. The molecule has 0 atom stereocenters. The fourth-order valence-electron chi connectivity index (χ4n) is 3.22. The predicted octanol–water partition coefficient (Wildman–Crippen LogP) is 1.83. The van der Waals surface area contributed by atoms with Crippen molar-refractivity contribution in [2.75, 3.05) is 23.1 Å². The van der Waals surface area contributed by atoms with Crippen molar-refractivity contribution in [2.45, 2.75) is 0 Å². The van der Waals surface area contributed by atoms with Crippen LogP contribution in [-0.2, 0) is 0 Å². The van der Waals surface area contributed by atoms with Crippen LogP contribution in [0.5, 0.6) is 0 Å². The number of nitro groups is 8. The third-order valence-electron chi connectivity index (χ3n) is 4.75. The van der Waals surface area contributed by atoms with Gasteiger partial charge in [-0.15, -0.1) is 0 Å². The van der Waals surface area contributed by atoms with Gasteiger partial charge in [0.15, 0.2) is 10.1 Å². The van der Waals surface area contributed by atoms with Crippen molar-refractivity contribution in [3.8, 4) is 0 Å². The Labute approximate surface area is 214 Å². The first-order valence-corrected chi connectivity index (χ1v) is 9.55. The highest BCUT2D eigenvalue weighted by molar-refractivity contribution is 5.78. The first-order valence-electron chi connectivity index (χ1n) is 9.55. The fraction of sp³-hybridized carbons (Fsp3) is 0.143. The van der Waals surface area contributed by atoms with E-state index in [9.17, 15) is 80.9 Å². The molecule has 2 rings (SSSR count). The van der Waals surface area contributed by atoms with Crippen LogP contribution in [0.25, 0.3) is 0 Å². The molecule has 0 aliphatic carbocycles. The normalized spacial score (nSPS) is 10.3. The Bertz CT molecular complexity index is 1330. The summed E-state index contributed by atoms with van der Waals surface area (Å²) in [5, 5.41) is 87.5. The van der Waals surface area contributed by atoms with Crippen LogP contribution in [0.1, 0.15) is 0 Å². The van der Waals surface area contributed by atoms with Gasteiger partial charge in [0.05, 0.1) is 53.8 Å². The maximum absolute atomic E-state index is 11.7. The molecule has 0 spiro atoms. The zero-order chi connectivity index (χ0) is 30.6. The second-order valence-corrected chi connectivity index (χ2v) is 6.93. The van der Waals surface area contributed by atoms with Gasteiger partial charge < -0.3 is 0 Å². The van der Waals surface area contributed by atoms with Crippen molar-refractivity contribution in [3.63, 3.8) is 0 Å². The Hall–Kier alpha value is -6.76. The van der Waals surface area contributed by atoms with E-state index in [-0.39, 0.29) is 24.3 Å². The van der Waals surface area contributed by atoms with E-state index < -0.39 is 108 Å². The summed E-state index contributed by atoms with van der Waals surface area (Å²) in [4.78, 5) is 83.0. The highest BCUT2D eigenvalue weighted by Crippen LogP contribution is 2.43. The number of nitro benzene ring substituents is 6. The van der Waals surface area contributed by atoms with E-state index in [2.05, 4.69) is 0 Å². The molecule has 210 valence electrons. The Morgan fingerprint density at radius 1 is 0.425 bits per heavy atom. The molecule has 0 aromatic heterocycles. The minimum Gasteiger partial charge on any atom is -0.258 e. The number of anilines is 2. The summed E-state index contributed by atoms with van der Waals surface area (Å²) in [7, 11) is 0. The molecule has 0 N–H and O–H groups in total. The highest BCUT2D eigenvalue weighted by atomic mass is 16.7. The van der Waals surface area contributed by atoms with Gasteiger partial charge in [-0.05, 0) is 0 Å². The van der Waals surface area contributed by atoms with E-state index in [1.54, 1.807) is 0 Å². The summed E-state index contributed by atoms with van der Waals surface area (Å²) < 4.78 is 0. The second kappa shape index (κ2) is 11.1. The minimum atomic E-state index is -1.56. The lowest BCUT2D eigenvalue weighted by Gasteiger charge is -2.18. The number of rotatable bonds is 13. The molecule has 0 heterocycles. The van der Waals surface area contributed by atoms with Crippen molar-refractivity contribution < 1.29 is 39.6 Å². The lowest BCUT2D eigenvalue weighted by molar-refractivity contribution is -0.508. The van der Waals surface area contributed by atoms with Crippen LogP contribution in [0, 0.1) is 80.9 Å². The smallest absolute Gasteiger partial charge is 0.258 e. The summed E-state index contributed by atoms with van der Waals surface area (Å²) in [6, 6.07) is 0.485. The van der Waals surface area contributed by atoms with Crippen LogP contribution in [0.15, 0.2) is 24.3 Å². The number of hydrogen-bond acceptors (Lipinski definition) is 16. The van der Waals surface area contributed by atoms with Gasteiger partial charge in [0.2, 0.25) is 0 Å². The molecule has 0 bridgehead atoms. The number of hydrazine groups is 2. The van der Waals surface area contributed by atoms with Crippen LogP contribution in [0.3, 0.4) is 0 Å². The van der Waals surface area contributed by atoms with Crippen LogP contribution >= 0.6 is 0 Å². The highest BCUT2D eigenvalue weighted by Gasteiger charge is 2.43. The molecule has 0 saturated heterocycles. The summed E-state index contributed by atoms with van der Waals surface area (Å²) in [5.41, 5.74) is -11.7. The first-order chi connectivity index (χ1) is 18.5. The van der Waals surface area contributed by atoms with E-state index in [4.69, 9.17) is 0 Å². The number of non-ortho nitro benzene ring substituents is 2. The Morgan fingerprint density at radius 3 is 0.800 bits per heavy atom. The molecule has 0 radical (unpaired) electrons. The summed E-state index contributed by atoms with van der Waals surface area (Å²) in [6.45, 7) is -2.97. The second-order valence-electron chi connectivity index (χ2n) is 6.93. The fourth-order valence-corrected chi connectivity index (χ4v) is 3.22. The van der Waals surface area contributed by atoms with Gasteiger partial charge in [0, 0.05) is 0 Å². The van der Waals surface area contributed by atoms with Gasteiger partial charge in [-0.25, -0.2) is 20.2 Å². The Kier molecular flexibility index (Phi) is 8.18. The molecule has 0 amide bonds. The minimum absolute atomic E-state index is 0.121. The third-order valence-corrected chi connectivity index (χ3v) is 4.75. The van der Waals surface area contributed by atoms with Gasteiger partial charge >= 0.3 is 22.7 Å². The largest absolute Gasteiger partial charge is 0.312 e. The Balaban J connectivity index is 2.79. The molecule has 0 fully saturated rings. The molecular weight excluding hydrogens is 564 g/mol. The van der Waals surface area contributed by atoms with Crippen molar-refractivity contribution >= 4 is 45.5 Å². The van der Waals surface area contributed by atoms with Crippen LogP contribution < -0.4 is 10.0 Å². The average molecular weight is 572 g/mol. The van der Waals surface area contributed by atoms with Gasteiger partial charge in [0.25, 0.3) is 22.7 Å². The van der Waals surface area contributed by atoms with Crippen molar-refractivity contribution in [1.82, 2.24) is 0 Å². The van der Waals surface area contributed by atoms with E-state index in [1.807, 2.05) is 0 Å². The standard InChI is InChI=1S/C14H8N10O16/c25-17(26)7-3-9(19(29)30)13(10(4-7)20(31)32)15(23(37)38)1-2-16(24(39)40)14-11(21(33)34)5-8(18(27)28)6-12(14)22(35)36/h3-6H,1-2H2. The molecular formula is C14H8N10O16. The van der Waals surface area contributed by atoms with Gasteiger partial charge in [-0.2, -0.15) is 0 Å². The van der Waals surface area contributed by atoms with Crippen molar-refractivity contribution in [1.29, 1.82) is 0 Å². The van der Waals surface area contributed by atoms with E-state index in [0.29, 0.717) is 0 Å². The number of benzene rings is 2. The molecule has 0 aliphatic heterocycles. The maximum atomic E-state index is 11.7. The lowest BCUT2D eigenvalue weighted by atomic mass is 10.2. The number of nitrogens with zero attached hydrogens (tertiary/aromatic N) is 10. The van der Waals surface area contributed by atoms with Crippen LogP contribution in [0.4, 0.5) is 45.5 Å². The van der Waals surface area contributed by atoms with Crippen molar-refractivity contribution in [3.05, 3.63) is 105 Å². The van der Waals surface area contributed by atoms with Gasteiger partial charge in [-0.3, -0.25) is 60.7 Å². The average Bonchev–Trinajstić information content (AvgIpc) is 2.84. The van der Waals surface area contributed by atoms with Crippen LogP contribution in [-0.4, -0.2) is 52.7 Å². The van der Waals surface area contributed by atoms with Gasteiger partial charge in [-0.1, -0.05) is 10.0 Å². The summed E-state index contributed by atoms with van der Waals surface area (Å²) in [5.74, 6) is 0. The molecule has 26 nitrogen and oxygen atoms in total. The van der Waals surface area contributed by atoms with E-state index in [1.165, 1.54) is 0 Å².